The molecular formula is C21H28BrNO5. The van der Waals surface area contributed by atoms with E-state index < -0.39 is 41.6 Å². The summed E-state index contributed by atoms with van der Waals surface area (Å²) in [6.45, 7) is 11.3. The fraction of sp³-hybridized carbons (Fsp3) is 0.524. The molecule has 1 saturated heterocycles. The Labute approximate surface area is 174 Å². The van der Waals surface area contributed by atoms with Crippen LogP contribution in [-0.4, -0.2) is 47.4 Å². The van der Waals surface area contributed by atoms with Gasteiger partial charge in [0, 0.05) is 10.4 Å². The van der Waals surface area contributed by atoms with Gasteiger partial charge in [-0.05, 0) is 30.0 Å². The minimum atomic E-state index is -0.972. The van der Waals surface area contributed by atoms with Crippen LogP contribution in [0.3, 0.4) is 0 Å². The summed E-state index contributed by atoms with van der Waals surface area (Å²) in [7, 11) is 0. The zero-order valence-electron chi connectivity index (χ0n) is 16.7. The fourth-order valence-corrected chi connectivity index (χ4v) is 4.26. The Kier molecular flexibility index (Phi) is 7.28. The third-order valence-corrected chi connectivity index (χ3v) is 5.38. The highest BCUT2D eigenvalue weighted by atomic mass is 79.9. The number of likely N-dealkylation sites (tertiary alicyclic amines) is 1. The van der Waals surface area contributed by atoms with Crippen LogP contribution in [0.2, 0.25) is 0 Å². The fourth-order valence-electron chi connectivity index (χ4n) is 3.85. The Morgan fingerprint density at radius 2 is 2.00 bits per heavy atom. The smallest absolute Gasteiger partial charge is 0.411 e. The Hall–Kier alpha value is -1.86. The van der Waals surface area contributed by atoms with E-state index in [-0.39, 0.29) is 13.2 Å². The number of benzene rings is 1. The lowest BCUT2D eigenvalue weighted by molar-refractivity contribution is -0.151. The molecule has 2 rings (SSSR count). The van der Waals surface area contributed by atoms with Crippen LogP contribution < -0.4 is 0 Å². The molecule has 6 nitrogen and oxygen atoms in total. The number of amides is 1. The van der Waals surface area contributed by atoms with Crippen molar-refractivity contribution in [1.29, 1.82) is 0 Å². The molecule has 0 spiro atoms. The first-order valence-corrected chi connectivity index (χ1v) is 10.1. The van der Waals surface area contributed by atoms with Gasteiger partial charge in [-0.2, -0.15) is 0 Å². The molecule has 1 aromatic rings. The minimum absolute atomic E-state index is 0.00631. The van der Waals surface area contributed by atoms with Gasteiger partial charge in [0.05, 0.1) is 18.8 Å². The molecule has 4 atom stereocenters. The molecule has 0 bridgehead atoms. The van der Waals surface area contributed by atoms with Crippen LogP contribution in [-0.2, 0) is 14.3 Å². The number of rotatable bonds is 5. The number of carbonyl (C=O) groups excluding carboxylic acids is 2. The highest BCUT2D eigenvalue weighted by Gasteiger charge is 2.58. The third-order valence-electron chi connectivity index (χ3n) is 4.88. The number of aliphatic hydroxyl groups is 1. The van der Waals surface area contributed by atoms with Crippen molar-refractivity contribution in [1.82, 2.24) is 4.90 Å². The molecule has 28 heavy (non-hydrogen) atoms. The van der Waals surface area contributed by atoms with E-state index in [4.69, 9.17) is 9.47 Å². The molecule has 0 aromatic heterocycles. The monoisotopic (exact) mass is 453 g/mol. The van der Waals surface area contributed by atoms with Gasteiger partial charge in [-0.25, -0.2) is 9.59 Å². The van der Waals surface area contributed by atoms with E-state index >= 15 is 0 Å². The normalized spacial score (nSPS) is 24.7. The molecule has 1 heterocycles. The molecule has 0 aliphatic carbocycles. The molecule has 0 saturated carbocycles. The Morgan fingerprint density at radius 1 is 1.32 bits per heavy atom. The molecule has 7 heteroatoms. The van der Waals surface area contributed by atoms with Gasteiger partial charge in [0.2, 0.25) is 0 Å². The number of nitrogens with zero attached hydrogens (tertiary/aromatic N) is 1. The van der Waals surface area contributed by atoms with Crippen molar-refractivity contribution in [2.75, 3.05) is 13.2 Å². The Bertz CT molecular complexity index is 730. The molecule has 1 N–H and O–H groups in total. The summed E-state index contributed by atoms with van der Waals surface area (Å²) in [6.07, 6.45) is -0.201. The van der Waals surface area contributed by atoms with Gasteiger partial charge in [-0.15, -0.1) is 0 Å². The maximum absolute atomic E-state index is 12.9. The maximum atomic E-state index is 12.9. The second-order valence-electron chi connectivity index (χ2n) is 7.85. The van der Waals surface area contributed by atoms with Crippen molar-refractivity contribution in [3.05, 3.63) is 47.0 Å². The van der Waals surface area contributed by atoms with Gasteiger partial charge < -0.3 is 14.6 Å². The predicted octanol–water partition coefficient (Wildman–Crippen LogP) is 4.08. The zero-order valence-corrected chi connectivity index (χ0v) is 18.3. The van der Waals surface area contributed by atoms with Gasteiger partial charge >= 0.3 is 12.1 Å². The van der Waals surface area contributed by atoms with Crippen LogP contribution in [0.1, 0.15) is 39.3 Å². The summed E-state index contributed by atoms with van der Waals surface area (Å²) in [5.74, 6) is -1.08. The average molecular weight is 454 g/mol. The standard InChI is InChI=1S/C21H28BrNO5/c1-6-11-28-20(26)23-16(13-9-8-10-14(22)12-13)18(24)15(21(3,4)5)17(23)19(25)27-7-2/h6,8-10,12,15-18,24H,1,7,11H2,2-5H3/t15-,16+,17+,18+/m1/s1. The number of halogens is 1. The summed E-state index contributed by atoms with van der Waals surface area (Å²) < 4.78 is 11.3. The van der Waals surface area contributed by atoms with E-state index in [9.17, 15) is 14.7 Å². The quantitative estimate of drug-likeness (QED) is 0.536. The SMILES string of the molecule is C=CCOC(=O)N1[C@H](C(=O)OCC)[C@@H](C(C)(C)C)[C@H](O)[C@@H]1c1cccc(Br)c1. The molecule has 0 unspecified atom stereocenters. The largest absolute Gasteiger partial charge is 0.464 e. The number of aliphatic hydroxyl groups excluding tert-OH is 1. The highest BCUT2D eigenvalue weighted by Crippen LogP contribution is 2.48. The minimum Gasteiger partial charge on any atom is -0.464 e. The van der Waals surface area contributed by atoms with Crippen LogP contribution in [0.15, 0.2) is 41.4 Å². The van der Waals surface area contributed by atoms with E-state index in [1.54, 1.807) is 6.92 Å². The van der Waals surface area contributed by atoms with Crippen molar-refractivity contribution < 1.29 is 24.2 Å². The molecule has 0 radical (unpaired) electrons. The van der Waals surface area contributed by atoms with Crippen molar-refractivity contribution in [2.24, 2.45) is 11.3 Å². The summed E-state index contributed by atoms with van der Waals surface area (Å²) in [5.41, 5.74) is 0.243. The highest BCUT2D eigenvalue weighted by molar-refractivity contribution is 9.10. The molecule has 1 aromatic carbocycles. The van der Waals surface area contributed by atoms with Crippen LogP contribution in [0.25, 0.3) is 0 Å². The first-order valence-electron chi connectivity index (χ1n) is 9.29. The Morgan fingerprint density at radius 3 is 2.54 bits per heavy atom. The van der Waals surface area contributed by atoms with Crippen molar-refractivity contribution in [3.8, 4) is 0 Å². The second-order valence-corrected chi connectivity index (χ2v) is 8.77. The molecule has 154 valence electrons. The average Bonchev–Trinajstić information content (AvgIpc) is 2.93. The number of ether oxygens (including phenoxy) is 2. The summed E-state index contributed by atoms with van der Waals surface area (Å²) >= 11 is 3.43. The Balaban J connectivity index is 2.61. The number of hydrogen-bond donors (Lipinski definition) is 1. The van der Waals surface area contributed by atoms with E-state index in [0.29, 0.717) is 5.56 Å². The van der Waals surface area contributed by atoms with E-state index in [0.717, 1.165) is 4.47 Å². The molecule has 1 aliphatic rings. The lowest BCUT2D eigenvalue weighted by atomic mass is 9.74. The first kappa shape index (κ1) is 22.4. The zero-order chi connectivity index (χ0) is 21.1. The first-order chi connectivity index (χ1) is 13.1. The van der Waals surface area contributed by atoms with E-state index in [2.05, 4.69) is 22.5 Å². The topological polar surface area (TPSA) is 76.1 Å². The lowest BCUT2D eigenvalue weighted by Gasteiger charge is -2.34. The van der Waals surface area contributed by atoms with E-state index in [1.165, 1.54) is 11.0 Å². The number of esters is 1. The predicted molar refractivity (Wildman–Crippen MR) is 110 cm³/mol. The maximum Gasteiger partial charge on any atom is 0.411 e. The summed E-state index contributed by atoms with van der Waals surface area (Å²) in [4.78, 5) is 27.1. The van der Waals surface area contributed by atoms with Crippen LogP contribution in [0.4, 0.5) is 4.79 Å². The molecule has 1 fully saturated rings. The van der Waals surface area contributed by atoms with Crippen LogP contribution in [0, 0.1) is 11.3 Å². The van der Waals surface area contributed by atoms with Crippen molar-refractivity contribution in [3.63, 3.8) is 0 Å². The lowest BCUT2D eigenvalue weighted by Crippen LogP contribution is -2.48. The number of carbonyl (C=O) groups is 2. The summed E-state index contributed by atoms with van der Waals surface area (Å²) in [6, 6.07) is 5.62. The van der Waals surface area contributed by atoms with Gasteiger partial charge in [-0.3, -0.25) is 4.90 Å². The number of hydrogen-bond acceptors (Lipinski definition) is 5. The van der Waals surface area contributed by atoms with Gasteiger partial charge in [0.25, 0.3) is 0 Å². The van der Waals surface area contributed by atoms with Crippen LogP contribution >= 0.6 is 15.9 Å². The van der Waals surface area contributed by atoms with Crippen molar-refractivity contribution in [2.45, 2.75) is 45.9 Å². The van der Waals surface area contributed by atoms with Gasteiger partial charge in [0.15, 0.2) is 0 Å². The van der Waals surface area contributed by atoms with Gasteiger partial charge in [-0.1, -0.05) is 61.5 Å². The second kappa shape index (κ2) is 9.09. The van der Waals surface area contributed by atoms with Crippen molar-refractivity contribution >= 4 is 28.0 Å². The molecule has 1 aliphatic heterocycles. The summed E-state index contributed by atoms with van der Waals surface area (Å²) in [5, 5.41) is 11.3. The van der Waals surface area contributed by atoms with Gasteiger partial charge in [0.1, 0.15) is 12.6 Å². The van der Waals surface area contributed by atoms with Crippen LogP contribution in [0.5, 0.6) is 0 Å². The third kappa shape index (κ3) is 4.58. The van der Waals surface area contributed by atoms with E-state index in [1.807, 2.05) is 45.0 Å². The molecule has 1 amide bonds. The molecular weight excluding hydrogens is 426 g/mol.